The summed E-state index contributed by atoms with van der Waals surface area (Å²) in [4.78, 5) is 28.8. The highest BCUT2D eigenvalue weighted by molar-refractivity contribution is 8.00. The number of rotatable bonds is 2. The summed E-state index contributed by atoms with van der Waals surface area (Å²) in [7, 11) is 0. The summed E-state index contributed by atoms with van der Waals surface area (Å²) in [6, 6.07) is 14.2. The molecule has 0 bridgehead atoms. The molecule has 3 aromatic rings. The van der Waals surface area contributed by atoms with Crippen molar-refractivity contribution in [2.75, 3.05) is 10.7 Å². The molecule has 0 radical (unpaired) electrons. The number of amides is 1. The molecule has 1 aromatic heterocycles. The topological polar surface area (TPSA) is 73.4 Å². The molecule has 1 aliphatic heterocycles. The molecule has 0 saturated carbocycles. The Balaban J connectivity index is 1.82. The van der Waals surface area contributed by atoms with Crippen molar-refractivity contribution in [3.05, 3.63) is 70.0 Å². The van der Waals surface area contributed by atoms with Crippen LogP contribution in [0.4, 0.5) is 5.69 Å². The van der Waals surface area contributed by atoms with E-state index in [4.69, 9.17) is 0 Å². The summed E-state index contributed by atoms with van der Waals surface area (Å²) in [6.45, 7) is 1.89. The summed E-state index contributed by atoms with van der Waals surface area (Å²) in [5.74, 6) is 0.562. The molecular weight excluding hydrogens is 336 g/mol. The Kier molecular flexibility index (Phi) is 3.77. The van der Waals surface area contributed by atoms with Gasteiger partial charge in [-0.25, -0.2) is 0 Å². The number of aromatic hydroxyl groups is 1. The van der Waals surface area contributed by atoms with E-state index in [0.29, 0.717) is 11.3 Å². The van der Waals surface area contributed by atoms with Crippen molar-refractivity contribution >= 4 is 34.3 Å². The first-order valence-corrected chi connectivity index (χ1v) is 8.94. The number of anilines is 1. The van der Waals surface area contributed by atoms with Gasteiger partial charge in [0.05, 0.1) is 11.3 Å². The number of aryl methyl sites for hydroxylation is 1. The van der Waals surface area contributed by atoms with Crippen LogP contribution in [0.5, 0.6) is 5.75 Å². The highest BCUT2D eigenvalue weighted by Gasteiger charge is 2.34. The number of benzene rings is 2. The van der Waals surface area contributed by atoms with Crippen molar-refractivity contribution in [2.45, 2.75) is 12.3 Å². The van der Waals surface area contributed by atoms with E-state index in [1.807, 2.05) is 31.2 Å². The Morgan fingerprint density at radius 3 is 2.80 bits per heavy atom. The van der Waals surface area contributed by atoms with Gasteiger partial charge in [-0.15, -0.1) is 11.8 Å². The number of carbonyl (C=O) groups excluding carboxylic acids is 1. The largest absolute Gasteiger partial charge is 0.508 e. The number of hydrogen-bond acceptors (Lipinski definition) is 4. The number of phenols is 1. The number of aromatic amines is 1. The standard InChI is InChI=1S/C19H16N2O3S/c1-11-7-17(23)20-16-9-13(5-6-15(11)16)21-18(24)10-25-19(21)12-3-2-4-14(22)8-12/h2-9,19,22H,10H2,1H3,(H,20,23). The van der Waals surface area contributed by atoms with Gasteiger partial charge in [0.2, 0.25) is 11.5 Å². The van der Waals surface area contributed by atoms with Crippen LogP contribution < -0.4 is 10.5 Å². The Bertz CT molecular complexity index is 1040. The van der Waals surface area contributed by atoms with Crippen LogP contribution in [-0.2, 0) is 4.79 Å². The minimum atomic E-state index is -0.200. The summed E-state index contributed by atoms with van der Waals surface area (Å²) in [5.41, 5.74) is 3.05. The zero-order valence-electron chi connectivity index (χ0n) is 13.5. The van der Waals surface area contributed by atoms with Gasteiger partial charge in [0.25, 0.3) is 0 Å². The average molecular weight is 352 g/mol. The molecule has 1 amide bonds. The number of phenolic OH excluding ortho intramolecular Hbond substituents is 1. The fraction of sp³-hybridized carbons (Fsp3) is 0.158. The maximum absolute atomic E-state index is 12.5. The lowest BCUT2D eigenvalue weighted by Gasteiger charge is -2.24. The molecule has 2 N–H and O–H groups in total. The predicted molar refractivity (Wildman–Crippen MR) is 100 cm³/mol. The van der Waals surface area contributed by atoms with Crippen LogP contribution >= 0.6 is 11.8 Å². The number of H-pyrrole nitrogens is 1. The number of nitrogens with zero attached hydrogens (tertiary/aromatic N) is 1. The van der Waals surface area contributed by atoms with Crippen LogP contribution in [0.25, 0.3) is 10.9 Å². The van der Waals surface area contributed by atoms with Crippen molar-refractivity contribution < 1.29 is 9.90 Å². The molecule has 6 heteroatoms. The molecule has 1 fully saturated rings. The zero-order valence-corrected chi connectivity index (χ0v) is 14.3. The van der Waals surface area contributed by atoms with Gasteiger partial charge in [-0.2, -0.15) is 0 Å². The molecule has 2 aromatic carbocycles. The van der Waals surface area contributed by atoms with Gasteiger partial charge in [-0.1, -0.05) is 18.2 Å². The van der Waals surface area contributed by atoms with E-state index in [-0.39, 0.29) is 22.6 Å². The highest BCUT2D eigenvalue weighted by atomic mass is 32.2. The molecule has 2 heterocycles. The summed E-state index contributed by atoms with van der Waals surface area (Å²) in [5, 5.41) is 10.5. The third-order valence-corrected chi connectivity index (χ3v) is 5.55. The molecule has 126 valence electrons. The monoisotopic (exact) mass is 352 g/mol. The quantitative estimate of drug-likeness (QED) is 0.742. The van der Waals surface area contributed by atoms with Gasteiger partial charge in [-0.05, 0) is 42.3 Å². The van der Waals surface area contributed by atoms with Crippen LogP contribution in [0.15, 0.2) is 53.3 Å². The zero-order chi connectivity index (χ0) is 17.6. The molecule has 0 aliphatic carbocycles. The fourth-order valence-corrected chi connectivity index (χ4v) is 4.37. The fourth-order valence-electron chi connectivity index (χ4n) is 3.20. The van der Waals surface area contributed by atoms with E-state index in [2.05, 4.69) is 4.98 Å². The van der Waals surface area contributed by atoms with E-state index in [1.54, 1.807) is 29.2 Å². The first-order valence-electron chi connectivity index (χ1n) is 7.89. The molecule has 4 rings (SSSR count). The Morgan fingerprint density at radius 2 is 2.00 bits per heavy atom. The van der Waals surface area contributed by atoms with E-state index >= 15 is 0 Å². The third-order valence-electron chi connectivity index (χ3n) is 4.33. The number of pyridine rings is 1. The number of fused-ring (bicyclic) bond motifs is 1. The number of hydrogen-bond donors (Lipinski definition) is 2. The molecular formula is C19H16N2O3S. The van der Waals surface area contributed by atoms with Gasteiger partial charge in [-0.3, -0.25) is 14.5 Å². The summed E-state index contributed by atoms with van der Waals surface area (Å²) >= 11 is 1.52. The molecule has 1 unspecified atom stereocenters. The average Bonchev–Trinajstić information content (AvgIpc) is 2.95. The second-order valence-corrected chi connectivity index (χ2v) is 7.14. The number of carbonyl (C=O) groups is 1. The maximum Gasteiger partial charge on any atom is 0.248 e. The van der Waals surface area contributed by atoms with Crippen LogP contribution in [0.2, 0.25) is 0 Å². The van der Waals surface area contributed by atoms with Crippen molar-refractivity contribution in [3.8, 4) is 5.75 Å². The summed E-state index contributed by atoms with van der Waals surface area (Å²) < 4.78 is 0. The van der Waals surface area contributed by atoms with Crippen LogP contribution in [-0.4, -0.2) is 21.8 Å². The Hall–Kier alpha value is -2.73. The van der Waals surface area contributed by atoms with Crippen LogP contribution in [0, 0.1) is 6.92 Å². The van der Waals surface area contributed by atoms with E-state index < -0.39 is 0 Å². The van der Waals surface area contributed by atoms with Gasteiger partial charge in [0.1, 0.15) is 11.1 Å². The predicted octanol–water partition coefficient (Wildman–Crippen LogP) is 3.32. The van der Waals surface area contributed by atoms with Crippen LogP contribution in [0.3, 0.4) is 0 Å². The van der Waals surface area contributed by atoms with Gasteiger partial charge < -0.3 is 10.1 Å². The molecule has 5 nitrogen and oxygen atoms in total. The maximum atomic E-state index is 12.5. The number of aromatic nitrogens is 1. The van der Waals surface area contributed by atoms with E-state index in [9.17, 15) is 14.7 Å². The van der Waals surface area contributed by atoms with Crippen LogP contribution in [0.1, 0.15) is 16.5 Å². The van der Waals surface area contributed by atoms with E-state index in [0.717, 1.165) is 22.2 Å². The minimum Gasteiger partial charge on any atom is -0.508 e. The van der Waals surface area contributed by atoms with Crippen molar-refractivity contribution in [3.63, 3.8) is 0 Å². The van der Waals surface area contributed by atoms with Crippen molar-refractivity contribution in [1.29, 1.82) is 0 Å². The number of nitrogens with one attached hydrogen (secondary N) is 1. The lowest BCUT2D eigenvalue weighted by atomic mass is 10.1. The molecule has 25 heavy (non-hydrogen) atoms. The SMILES string of the molecule is Cc1cc(=O)[nH]c2cc(N3C(=O)CSC3c3cccc(O)c3)ccc12. The second kappa shape index (κ2) is 5.97. The Labute approximate surface area is 148 Å². The second-order valence-electron chi connectivity index (χ2n) is 6.07. The van der Waals surface area contributed by atoms with Gasteiger partial charge >= 0.3 is 0 Å². The first kappa shape index (κ1) is 15.8. The lowest BCUT2D eigenvalue weighted by Crippen LogP contribution is -2.27. The highest BCUT2D eigenvalue weighted by Crippen LogP contribution is 2.42. The molecule has 1 saturated heterocycles. The van der Waals surface area contributed by atoms with Crippen molar-refractivity contribution in [1.82, 2.24) is 4.98 Å². The summed E-state index contributed by atoms with van der Waals surface area (Å²) in [6.07, 6.45) is 0. The Morgan fingerprint density at radius 1 is 1.16 bits per heavy atom. The lowest BCUT2D eigenvalue weighted by molar-refractivity contribution is -0.115. The molecule has 1 atom stereocenters. The van der Waals surface area contributed by atoms with Crippen molar-refractivity contribution in [2.24, 2.45) is 0 Å². The minimum absolute atomic E-state index is 0.00712. The number of thioether (sulfide) groups is 1. The smallest absolute Gasteiger partial charge is 0.248 e. The first-order chi connectivity index (χ1) is 12.0. The molecule has 0 spiro atoms. The van der Waals surface area contributed by atoms with E-state index in [1.165, 1.54) is 11.8 Å². The normalized spacial score (nSPS) is 17.4. The van der Waals surface area contributed by atoms with Gasteiger partial charge in [0.15, 0.2) is 0 Å². The van der Waals surface area contributed by atoms with Gasteiger partial charge in [0, 0.05) is 17.1 Å². The third kappa shape index (κ3) is 2.78. The molecule has 1 aliphatic rings.